The molecule has 0 heterocycles. The molecule has 50 heavy (non-hydrogen) atoms. The zero-order valence-corrected chi connectivity index (χ0v) is 38.4. The maximum atomic E-state index is 11.4. The average Bonchev–Trinajstić information content (AvgIpc) is 2.75. The molecule has 302 valence electrons. The Morgan fingerprint density at radius 3 is 1.24 bits per heavy atom. The Hall–Kier alpha value is -1.89. The number of hydrogen-bond donors (Lipinski definition) is 4. The fraction of sp³-hybridized carbons (Fsp3) is 0.884. The average molecular weight is 713 g/mol. The summed E-state index contributed by atoms with van der Waals surface area (Å²) in [5.74, 6) is 1.47. The van der Waals surface area contributed by atoms with Crippen molar-refractivity contribution in [3.63, 3.8) is 0 Å². The predicted molar refractivity (Wildman–Crippen MR) is 223 cm³/mol. The van der Waals surface area contributed by atoms with Crippen LogP contribution in [0.5, 0.6) is 0 Å². The van der Waals surface area contributed by atoms with Gasteiger partial charge in [-0.15, -0.1) is 0 Å². The minimum atomic E-state index is -0.165. The number of carbonyl (C=O) groups is 1. The normalized spacial score (nSPS) is 12.8. The van der Waals surface area contributed by atoms with Gasteiger partial charge in [0.1, 0.15) is 5.60 Å². The largest absolute Gasteiger partial charge is 0.479 e. The summed E-state index contributed by atoms with van der Waals surface area (Å²) >= 11 is 0. The van der Waals surface area contributed by atoms with E-state index in [4.69, 9.17) is 9.47 Å². The molecule has 0 radical (unpaired) electrons. The smallest absolute Gasteiger partial charge is 0.220 e. The van der Waals surface area contributed by atoms with E-state index in [1.54, 1.807) is 0 Å². The van der Waals surface area contributed by atoms with Crippen LogP contribution in [0.15, 0.2) is 24.9 Å². The molecular weight excluding hydrogens is 620 g/mol. The van der Waals surface area contributed by atoms with Gasteiger partial charge in [-0.05, 0) is 137 Å². The number of rotatable bonds is 10. The third-order valence-electron chi connectivity index (χ3n) is 5.59. The van der Waals surface area contributed by atoms with Crippen LogP contribution in [-0.2, 0) is 14.3 Å². The molecule has 7 nitrogen and oxygen atoms in total. The van der Waals surface area contributed by atoms with Gasteiger partial charge in [0.15, 0.2) is 11.8 Å². The second kappa shape index (κ2) is 22.2. The van der Waals surface area contributed by atoms with E-state index < -0.39 is 0 Å². The van der Waals surface area contributed by atoms with E-state index in [1.807, 2.05) is 41.5 Å². The van der Waals surface area contributed by atoms with E-state index in [0.717, 1.165) is 19.5 Å². The Bertz CT molecular complexity index is 815. The standard InChI is InChI=1S/3C11H23NO.C10H23N/c1-9(12-11(5,6)7)13-8-10(2,3)4;1-9(13-11(5,6)7)12-8-10(2,3)4;1-10(2,3)8-7-9(13)12-11(4,5)6;1-9(2,3)7-8-11-10(4,5)6/h2*12H,1,8H2,2-7H3;7-8H2,1-6H3,(H,12,13);11H,7-8H2,1-6H3. The molecule has 0 atom stereocenters. The first kappa shape index (κ1) is 54.9. The van der Waals surface area contributed by atoms with Crippen molar-refractivity contribution in [1.82, 2.24) is 21.3 Å². The molecule has 0 aliphatic heterocycles. The van der Waals surface area contributed by atoms with Gasteiger partial charge in [-0.2, -0.15) is 0 Å². The second-order valence-corrected chi connectivity index (χ2v) is 22.5. The highest BCUT2D eigenvalue weighted by molar-refractivity contribution is 5.76. The molecule has 7 heteroatoms. The lowest BCUT2D eigenvalue weighted by Crippen LogP contribution is -2.40. The monoisotopic (exact) mass is 713 g/mol. The number of carbonyl (C=O) groups excluding carboxylic acids is 1. The van der Waals surface area contributed by atoms with Crippen LogP contribution in [-0.4, -0.2) is 47.8 Å². The molecule has 0 spiro atoms. The van der Waals surface area contributed by atoms with Crippen molar-refractivity contribution in [2.45, 2.75) is 208 Å². The van der Waals surface area contributed by atoms with Gasteiger partial charge in [0.25, 0.3) is 0 Å². The molecule has 0 fully saturated rings. The van der Waals surface area contributed by atoms with E-state index in [0.29, 0.717) is 30.2 Å². The number of hydrogen-bond acceptors (Lipinski definition) is 6. The van der Waals surface area contributed by atoms with E-state index in [9.17, 15) is 4.79 Å². The van der Waals surface area contributed by atoms with E-state index in [2.05, 4.69) is 159 Å². The third kappa shape index (κ3) is 61.3. The highest BCUT2D eigenvalue weighted by Crippen LogP contribution is 2.21. The SMILES string of the molecule is C=C(NC(C)(C)C)OCC(C)(C)C.C=C(NCC(C)(C)C)OC(C)(C)C.CC(C)(C)CCC(=O)NC(C)(C)C.CC(C)(C)CCNC(C)(C)C. The van der Waals surface area contributed by atoms with Crippen molar-refractivity contribution in [2.24, 2.45) is 21.7 Å². The Morgan fingerprint density at radius 2 is 0.940 bits per heavy atom. The quantitative estimate of drug-likeness (QED) is 0.169. The molecular formula is C43H92N4O3. The first-order valence-electron chi connectivity index (χ1n) is 18.8. The van der Waals surface area contributed by atoms with Crippen LogP contribution in [0.2, 0.25) is 0 Å². The molecule has 0 unspecified atom stereocenters. The van der Waals surface area contributed by atoms with Crippen LogP contribution < -0.4 is 21.3 Å². The molecule has 0 bridgehead atoms. The highest BCUT2D eigenvalue weighted by Gasteiger charge is 2.18. The Labute approximate surface area is 314 Å². The molecule has 0 aromatic rings. The van der Waals surface area contributed by atoms with Crippen LogP contribution in [0, 0.1) is 21.7 Å². The lowest BCUT2D eigenvalue weighted by Gasteiger charge is -2.26. The highest BCUT2D eigenvalue weighted by atomic mass is 16.5. The zero-order valence-electron chi connectivity index (χ0n) is 38.4. The van der Waals surface area contributed by atoms with Gasteiger partial charge in [0, 0.05) is 29.6 Å². The van der Waals surface area contributed by atoms with Crippen molar-refractivity contribution in [2.75, 3.05) is 19.7 Å². The molecule has 4 N–H and O–H groups in total. The molecule has 0 aliphatic carbocycles. The van der Waals surface area contributed by atoms with Crippen LogP contribution >= 0.6 is 0 Å². The van der Waals surface area contributed by atoms with Gasteiger partial charge in [-0.1, -0.05) is 83.1 Å². The lowest BCUT2D eigenvalue weighted by molar-refractivity contribution is -0.123. The van der Waals surface area contributed by atoms with Gasteiger partial charge in [0.2, 0.25) is 5.91 Å². The molecule has 0 aromatic heterocycles. The van der Waals surface area contributed by atoms with Gasteiger partial charge >= 0.3 is 0 Å². The number of amides is 1. The lowest BCUT2D eigenvalue weighted by atomic mass is 9.90. The van der Waals surface area contributed by atoms with Crippen molar-refractivity contribution in [3.8, 4) is 0 Å². The summed E-state index contributed by atoms with van der Waals surface area (Å²) in [6.07, 6.45) is 2.81. The predicted octanol–water partition coefficient (Wildman–Crippen LogP) is 11.4. The Balaban J connectivity index is -0.000000283. The molecule has 0 saturated carbocycles. The van der Waals surface area contributed by atoms with E-state index in [1.165, 1.54) is 6.42 Å². The summed E-state index contributed by atoms with van der Waals surface area (Å²) in [6, 6.07) is 0. The van der Waals surface area contributed by atoms with Gasteiger partial charge in [-0.3, -0.25) is 4.79 Å². The topological polar surface area (TPSA) is 83.6 Å². The summed E-state index contributed by atoms with van der Waals surface area (Å²) in [7, 11) is 0. The second-order valence-electron chi connectivity index (χ2n) is 22.5. The third-order valence-corrected chi connectivity index (χ3v) is 5.59. The molecule has 0 aromatic carbocycles. The molecule has 0 saturated heterocycles. The fourth-order valence-corrected chi connectivity index (χ4v) is 3.31. The summed E-state index contributed by atoms with van der Waals surface area (Å²) < 4.78 is 11.0. The number of nitrogens with one attached hydrogen (secondary N) is 4. The van der Waals surface area contributed by atoms with Crippen LogP contribution in [0.4, 0.5) is 0 Å². The Morgan fingerprint density at radius 1 is 0.520 bits per heavy atom. The summed E-state index contributed by atoms with van der Waals surface area (Å²) in [5.41, 5.74) is 1.16. The number of ether oxygens (including phenoxy) is 2. The van der Waals surface area contributed by atoms with Gasteiger partial charge in [0.05, 0.1) is 6.61 Å². The molecule has 1 amide bonds. The zero-order chi connectivity index (χ0) is 41.2. The van der Waals surface area contributed by atoms with E-state index in [-0.39, 0.29) is 44.4 Å². The van der Waals surface area contributed by atoms with Gasteiger partial charge < -0.3 is 30.7 Å². The summed E-state index contributed by atoms with van der Waals surface area (Å²) in [6.45, 7) is 61.4. The minimum Gasteiger partial charge on any atom is -0.479 e. The summed E-state index contributed by atoms with van der Waals surface area (Å²) in [4.78, 5) is 11.4. The summed E-state index contributed by atoms with van der Waals surface area (Å²) in [5, 5.41) is 12.8. The molecule has 0 rings (SSSR count). The van der Waals surface area contributed by atoms with Crippen LogP contribution in [0.3, 0.4) is 0 Å². The molecule has 0 aliphatic rings. The maximum absolute atomic E-state index is 11.4. The maximum Gasteiger partial charge on any atom is 0.220 e. The Kier molecular flexibility index (Phi) is 24.4. The van der Waals surface area contributed by atoms with Gasteiger partial charge in [-0.25, -0.2) is 0 Å². The van der Waals surface area contributed by atoms with Crippen molar-refractivity contribution in [1.29, 1.82) is 0 Å². The van der Waals surface area contributed by atoms with Crippen LogP contribution in [0.25, 0.3) is 0 Å². The fourth-order valence-electron chi connectivity index (χ4n) is 3.31. The van der Waals surface area contributed by atoms with Crippen molar-refractivity contribution in [3.05, 3.63) is 24.9 Å². The first-order chi connectivity index (χ1) is 21.5. The van der Waals surface area contributed by atoms with Crippen LogP contribution in [0.1, 0.15) is 185 Å². The first-order valence-corrected chi connectivity index (χ1v) is 18.8. The van der Waals surface area contributed by atoms with Crippen molar-refractivity contribution < 1.29 is 14.3 Å². The van der Waals surface area contributed by atoms with Crippen molar-refractivity contribution >= 4 is 5.91 Å². The minimum absolute atomic E-state index is 0.0228. The van der Waals surface area contributed by atoms with E-state index >= 15 is 0 Å².